The molecule has 0 spiro atoms. The molecule has 0 heterocycles. The van der Waals surface area contributed by atoms with Gasteiger partial charge in [-0.3, -0.25) is 0 Å². The molecule has 0 amide bonds. The smallest absolute Gasteiger partial charge is 0.103 e. The van der Waals surface area contributed by atoms with Gasteiger partial charge in [-0.15, -0.1) is 11.9 Å². The molecule has 0 atom stereocenters. The van der Waals surface area contributed by atoms with Gasteiger partial charge in [0.05, 0.1) is 0 Å². The van der Waals surface area contributed by atoms with E-state index in [1.54, 1.807) is 13.0 Å². The molecule has 0 aliphatic carbocycles. The molecule has 0 aromatic rings. The van der Waals surface area contributed by atoms with Crippen molar-refractivity contribution in [3.05, 3.63) is 12.1 Å². The van der Waals surface area contributed by atoms with Crippen LogP contribution in [0.1, 0.15) is 6.92 Å². The minimum atomic E-state index is 1.41. The van der Waals surface area contributed by atoms with Crippen molar-refractivity contribution in [1.29, 1.82) is 0 Å². The lowest BCUT2D eigenvalue weighted by Crippen LogP contribution is -1.47. The Morgan fingerprint density at radius 1 is 1.67 bits per heavy atom. The van der Waals surface area contributed by atoms with Crippen LogP contribution in [0.2, 0.25) is 0 Å². The van der Waals surface area contributed by atoms with Gasteiger partial charge in [-0.05, 0) is 13.0 Å². The van der Waals surface area contributed by atoms with Gasteiger partial charge in [0.2, 0.25) is 0 Å². The van der Waals surface area contributed by atoms with E-state index in [0.717, 1.165) is 0 Å². The first-order chi connectivity index (χ1) is 2.91. The van der Waals surface area contributed by atoms with Gasteiger partial charge < -0.3 is 0 Å². The van der Waals surface area contributed by atoms with E-state index < -0.39 is 0 Å². The molecule has 0 aromatic carbocycles. The Bertz CT molecular complexity index is 92.2. The van der Waals surface area contributed by atoms with Crippen LogP contribution >= 0.6 is 0 Å². The van der Waals surface area contributed by atoms with Gasteiger partial charge in [0.25, 0.3) is 0 Å². The third kappa shape index (κ3) is 3.36. The number of hydrogen-bond donors (Lipinski definition) is 0. The molecule has 0 unspecified atom stereocenters. The Balaban J connectivity index is 3.24. The maximum absolute atomic E-state index is 4.93. The fourth-order valence-electron chi connectivity index (χ4n) is 0.131. The molecule has 0 saturated carbocycles. The highest BCUT2D eigenvalue weighted by atomic mass is 13.5. The molecule has 6 heavy (non-hydrogen) atoms. The van der Waals surface area contributed by atoms with E-state index in [9.17, 15) is 0 Å². The summed E-state index contributed by atoms with van der Waals surface area (Å²) in [6.07, 6.45) is 1.60. The third-order valence-corrected chi connectivity index (χ3v) is 0.324. The number of hydrogen-bond acceptors (Lipinski definition) is 0. The van der Waals surface area contributed by atoms with Gasteiger partial charge in [0, 0.05) is 0 Å². The quantitative estimate of drug-likeness (QED) is 0.294. The van der Waals surface area contributed by atoms with Gasteiger partial charge in [0.1, 0.15) is 7.85 Å². The summed E-state index contributed by atoms with van der Waals surface area (Å²) in [5.41, 5.74) is 0. The molecule has 28 valence electrons. The van der Waals surface area contributed by atoms with Crippen LogP contribution in [0, 0.1) is 11.8 Å². The van der Waals surface area contributed by atoms with Crippen molar-refractivity contribution in [2.75, 3.05) is 0 Å². The van der Waals surface area contributed by atoms with Crippen molar-refractivity contribution in [1.82, 2.24) is 0 Å². The maximum Gasteiger partial charge on any atom is 0.103 e. The zero-order chi connectivity index (χ0) is 4.83. The molecular formula is C5H5B. The van der Waals surface area contributed by atoms with Crippen LogP contribution in [-0.2, 0) is 0 Å². The second kappa shape index (κ2) is 4.36. The van der Waals surface area contributed by atoms with Crippen molar-refractivity contribution < 1.29 is 0 Å². The first-order valence-corrected chi connectivity index (χ1v) is 1.71. The SMILES string of the molecule is [B]C=CC#CC. The maximum atomic E-state index is 4.93. The molecule has 0 aromatic heterocycles. The van der Waals surface area contributed by atoms with Gasteiger partial charge in [-0.25, -0.2) is 0 Å². The summed E-state index contributed by atoms with van der Waals surface area (Å²) >= 11 is 0. The average Bonchev–Trinajstić information content (AvgIpc) is 1.61. The molecule has 2 radical (unpaired) electrons. The number of rotatable bonds is 0. The summed E-state index contributed by atoms with van der Waals surface area (Å²) < 4.78 is 0. The number of allylic oxidation sites excluding steroid dienone is 1. The van der Waals surface area contributed by atoms with Gasteiger partial charge in [0.15, 0.2) is 0 Å². The largest absolute Gasteiger partial charge is 0.123 e. The summed E-state index contributed by atoms with van der Waals surface area (Å²) in [7, 11) is 4.93. The van der Waals surface area contributed by atoms with Crippen LogP contribution in [0.5, 0.6) is 0 Å². The molecule has 0 fully saturated rings. The lowest BCUT2D eigenvalue weighted by molar-refractivity contribution is 1.91. The van der Waals surface area contributed by atoms with Gasteiger partial charge >= 0.3 is 0 Å². The molecule has 0 nitrogen and oxygen atoms in total. The first kappa shape index (κ1) is 5.36. The Morgan fingerprint density at radius 2 is 2.33 bits per heavy atom. The standard InChI is InChI=1S/C5H5B/c1-2-3-4-5-6/h4-5H,1H3. The first-order valence-electron chi connectivity index (χ1n) is 1.71. The van der Waals surface area contributed by atoms with Crippen LogP contribution in [0.15, 0.2) is 12.1 Å². The zero-order valence-electron chi connectivity index (χ0n) is 3.73. The highest BCUT2D eigenvalue weighted by Crippen LogP contribution is 1.57. The van der Waals surface area contributed by atoms with Crippen LogP contribution < -0.4 is 0 Å². The summed E-state index contributed by atoms with van der Waals surface area (Å²) in [5.74, 6) is 6.71. The second-order valence-electron chi connectivity index (χ2n) is 0.753. The van der Waals surface area contributed by atoms with Crippen LogP contribution in [-0.4, -0.2) is 7.85 Å². The summed E-state index contributed by atoms with van der Waals surface area (Å²) in [4.78, 5) is 0. The topological polar surface area (TPSA) is 0 Å². The predicted octanol–water partition coefficient (Wildman–Crippen LogP) is 0.692. The monoisotopic (exact) mass is 76.0 g/mol. The van der Waals surface area contributed by atoms with E-state index in [0.29, 0.717) is 0 Å². The van der Waals surface area contributed by atoms with E-state index in [1.165, 1.54) is 5.98 Å². The lowest BCUT2D eigenvalue weighted by atomic mass is 10.1. The Hall–Kier alpha value is -0.635. The summed E-state index contributed by atoms with van der Waals surface area (Å²) in [6.45, 7) is 1.76. The average molecular weight is 75.9 g/mol. The molecule has 0 bridgehead atoms. The Morgan fingerprint density at radius 3 is 2.50 bits per heavy atom. The van der Waals surface area contributed by atoms with Crippen molar-refractivity contribution in [3.63, 3.8) is 0 Å². The van der Waals surface area contributed by atoms with Crippen molar-refractivity contribution in [2.45, 2.75) is 6.92 Å². The normalized spacial score (nSPS) is 7.50. The van der Waals surface area contributed by atoms with Crippen molar-refractivity contribution in [2.24, 2.45) is 0 Å². The molecule has 1 heteroatoms. The van der Waals surface area contributed by atoms with Crippen LogP contribution in [0.4, 0.5) is 0 Å². The fourth-order valence-corrected chi connectivity index (χ4v) is 0.131. The lowest BCUT2D eigenvalue weighted by Gasteiger charge is -1.56. The minimum absolute atomic E-state index is 1.41. The molecular weight excluding hydrogens is 70.9 g/mol. The van der Waals surface area contributed by atoms with Gasteiger partial charge in [-0.1, -0.05) is 5.92 Å². The van der Waals surface area contributed by atoms with Crippen molar-refractivity contribution in [3.8, 4) is 11.8 Å². The fraction of sp³-hybridized carbons (Fsp3) is 0.200. The zero-order valence-corrected chi connectivity index (χ0v) is 3.73. The third-order valence-electron chi connectivity index (χ3n) is 0.324. The minimum Gasteiger partial charge on any atom is -0.123 e. The van der Waals surface area contributed by atoms with E-state index in [4.69, 9.17) is 7.85 Å². The van der Waals surface area contributed by atoms with Crippen LogP contribution in [0.25, 0.3) is 0 Å². The summed E-state index contributed by atoms with van der Waals surface area (Å²) in [6, 6.07) is 0. The Kier molecular flexibility index (Phi) is 3.90. The molecule has 0 saturated heterocycles. The molecule has 0 rings (SSSR count). The highest BCUT2D eigenvalue weighted by molar-refractivity contribution is 6.17. The highest BCUT2D eigenvalue weighted by Gasteiger charge is 1.45. The van der Waals surface area contributed by atoms with E-state index in [1.807, 2.05) is 0 Å². The van der Waals surface area contributed by atoms with E-state index >= 15 is 0 Å². The van der Waals surface area contributed by atoms with Crippen molar-refractivity contribution >= 4 is 7.85 Å². The summed E-state index contributed by atoms with van der Waals surface area (Å²) in [5, 5.41) is 0. The molecule has 0 aliphatic heterocycles. The van der Waals surface area contributed by atoms with Gasteiger partial charge in [-0.2, -0.15) is 0 Å². The second-order valence-corrected chi connectivity index (χ2v) is 0.753. The predicted molar refractivity (Wildman–Crippen MR) is 28.3 cm³/mol. The molecule has 0 N–H and O–H groups in total. The van der Waals surface area contributed by atoms with E-state index in [2.05, 4.69) is 11.8 Å². The molecule has 0 aliphatic rings. The van der Waals surface area contributed by atoms with E-state index in [-0.39, 0.29) is 0 Å². The van der Waals surface area contributed by atoms with Crippen LogP contribution in [0.3, 0.4) is 0 Å². The Labute approximate surface area is 39.7 Å².